The van der Waals surface area contributed by atoms with Gasteiger partial charge >= 0.3 is 0 Å². The van der Waals surface area contributed by atoms with Crippen LogP contribution in [-0.4, -0.2) is 9.13 Å². The minimum Gasteiger partial charge on any atom is -0.309 e. The van der Waals surface area contributed by atoms with E-state index in [1.54, 1.807) is 0 Å². The maximum absolute atomic E-state index is 2.42. The number of benzene rings is 9. The standard InChI is InChI=1S/C50H32N2/c1-2-14-33(15-3-1)49-40-19-4-6-21-42(40)50(43-22-7-5-20-41(43)49)34-26-28-35(29-27-34)51-47-25-13-10-18-39(47)44-32-36(30-31-48(44)51)52-45-23-11-8-16-37(45)38-17-9-12-24-46(38)52/h1-32H. The molecule has 0 spiro atoms. The van der Waals surface area contributed by atoms with E-state index in [-0.39, 0.29) is 0 Å². The molecule has 0 unspecified atom stereocenters. The number of fused-ring (bicyclic) bond motifs is 8. The molecule has 0 radical (unpaired) electrons. The van der Waals surface area contributed by atoms with Gasteiger partial charge in [-0.1, -0.05) is 146 Å². The summed E-state index contributed by atoms with van der Waals surface area (Å²) >= 11 is 0. The maximum Gasteiger partial charge on any atom is 0.0542 e. The van der Waals surface area contributed by atoms with Gasteiger partial charge in [-0.25, -0.2) is 0 Å². The first-order valence-electron chi connectivity index (χ1n) is 17.9. The van der Waals surface area contributed by atoms with E-state index in [1.165, 1.54) is 93.1 Å². The first kappa shape index (κ1) is 28.9. The van der Waals surface area contributed by atoms with Crippen LogP contribution in [0, 0.1) is 0 Å². The highest BCUT2D eigenvalue weighted by Crippen LogP contribution is 2.44. The smallest absolute Gasteiger partial charge is 0.0542 e. The third-order valence-corrected chi connectivity index (χ3v) is 10.9. The molecule has 0 saturated carbocycles. The molecule has 0 saturated heterocycles. The average Bonchev–Trinajstić information content (AvgIpc) is 3.73. The fourth-order valence-corrected chi connectivity index (χ4v) is 8.71. The van der Waals surface area contributed by atoms with Gasteiger partial charge in [0.15, 0.2) is 0 Å². The molecule has 52 heavy (non-hydrogen) atoms. The highest BCUT2D eigenvalue weighted by atomic mass is 15.0. The lowest BCUT2D eigenvalue weighted by molar-refractivity contribution is 1.17. The molecule has 9 aromatic carbocycles. The van der Waals surface area contributed by atoms with Crippen LogP contribution in [0.5, 0.6) is 0 Å². The second kappa shape index (κ2) is 11.3. The van der Waals surface area contributed by atoms with Crippen molar-refractivity contribution in [3.8, 4) is 33.6 Å². The predicted molar refractivity (Wildman–Crippen MR) is 221 cm³/mol. The van der Waals surface area contributed by atoms with Crippen molar-refractivity contribution in [1.82, 2.24) is 9.13 Å². The van der Waals surface area contributed by atoms with Crippen LogP contribution in [0.25, 0.3) is 98.8 Å². The van der Waals surface area contributed by atoms with Crippen LogP contribution in [0.1, 0.15) is 0 Å². The minimum atomic E-state index is 1.15. The maximum atomic E-state index is 2.42. The van der Waals surface area contributed by atoms with Gasteiger partial charge in [0, 0.05) is 32.9 Å². The van der Waals surface area contributed by atoms with Gasteiger partial charge in [0.05, 0.1) is 22.1 Å². The lowest BCUT2D eigenvalue weighted by atomic mass is 9.86. The van der Waals surface area contributed by atoms with Crippen LogP contribution in [-0.2, 0) is 0 Å². The van der Waals surface area contributed by atoms with E-state index in [2.05, 4.69) is 203 Å². The third-order valence-electron chi connectivity index (χ3n) is 10.9. The first-order chi connectivity index (χ1) is 25.8. The minimum absolute atomic E-state index is 1.15. The summed E-state index contributed by atoms with van der Waals surface area (Å²) in [6.45, 7) is 0. The van der Waals surface area contributed by atoms with Gasteiger partial charge in [0.25, 0.3) is 0 Å². The molecule has 0 aliphatic rings. The van der Waals surface area contributed by atoms with Crippen LogP contribution in [0.15, 0.2) is 194 Å². The summed E-state index contributed by atoms with van der Waals surface area (Å²) in [5.74, 6) is 0. The Morgan fingerprint density at radius 2 is 0.577 bits per heavy atom. The summed E-state index contributed by atoms with van der Waals surface area (Å²) in [7, 11) is 0. The summed E-state index contributed by atoms with van der Waals surface area (Å²) in [6, 6.07) is 70.9. The summed E-state index contributed by atoms with van der Waals surface area (Å²) in [6.07, 6.45) is 0. The normalized spacial score (nSPS) is 11.8. The number of para-hydroxylation sites is 3. The van der Waals surface area contributed by atoms with E-state index >= 15 is 0 Å². The van der Waals surface area contributed by atoms with Crippen molar-refractivity contribution in [2.24, 2.45) is 0 Å². The molecule has 0 atom stereocenters. The summed E-state index contributed by atoms with van der Waals surface area (Å²) in [5, 5.41) is 10.1. The van der Waals surface area contributed by atoms with E-state index in [9.17, 15) is 0 Å². The Morgan fingerprint density at radius 1 is 0.231 bits per heavy atom. The fourth-order valence-electron chi connectivity index (χ4n) is 8.71. The molecule has 2 nitrogen and oxygen atoms in total. The zero-order valence-electron chi connectivity index (χ0n) is 28.4. The number of nitrogens with zero attached hydrogens (tertiary/aromatic N) is 2. The van der Waals surface area contributed by atoms with Gasteiger partial charge in [0.2, 0.25) is 0 Å². The molecule has 0 bridgehead atoms. The van der Waals surface area contributed by atoms with Crippen molar-refractivity contribution in [2.45, 2.75) is 0 Å². The fraction of sp³-hybridized carbons (Fsp3) is 0. The van der Waals surface area contributed by atoms with Crippen molar-refractivity contribution in [1.29, 1.82) is 0 Å². The molecule has 0 N–H and O–H groups in total. The molecule has 11 aromatic rings. The molecular weight excluding hydrogens is 629 g/mol. The highest BCUT2D eigenvalue weighted by molar-refractivity contribution is 6.21. The monoisotopic (exact) mass is 660 g/mol. The van der Waals surface area contributed by atoms with Crippen LogP contribution in [0.3, 0.4) is 0 Å². The van der Waals surface area contributed by atoms with E-state index in [1.807, 2.05) is 0 Å². The second-order valence-corrected chi connectivity index (χ2v) is 13.7. The number of rotatable bonds is 4. The summed E-state index contributed by atoms with van der Waals surface area (Å²) < 4.78 is 4.82. The SMILES string of the molecule is c1ccc(-c2c3ccccc3c(-c3ccc(-n4c5ccccc5c5cc(-n6c7ccccc7c7ccccc76)ccc54)cc3)c3ccccc23)cc1. The molecule has 0 aliphatic heterocycles. The van der Waals surface area contributed by atoms with Crippen molar-refractivity contribution in [3.63, 3.8) is 0 Å². The lowest BCUT2D eigenvalue weighted by Crippen LogP contribution is -1.96. The van der Waals surface area contributed by atoms with Gasteiger partial charge in [-0.15, -0.1) is 0 Å². The van der Waals surface area contributed by atoms with Crippen molar-refractivity contribution in [2.75, 3.05) is 0 Å². The van der Waals surface area contributed by atoms with Crippen LogP contribution >= 0.6 is 0 Å². The molecule has 0 amide bonds. The predicted octanol–water partition coefficient (Wildman–Crippen LogP) is 13.5. The van der Waals surface area contributed by atoms with Crippen molar-refractivity contribution < 1.29 is 0 Å². The zero-order valence-corrected chi connectivity index (χ0v) is 28.4. The number of aromatic nitrogens is 2. The topological polar surface area (TPSA) is 9.86 Å². The Balaban J connectivity index is 1.10. The molecule has 242 valence electrons. The number of hydrogen-bond acceptors (Lipinski definition) is 0. The Bertz CT molecular complexity index is 3050. The molecular formula is C50H32N2. The Morgan fingerprint density at radius 3 is 1.08 bits per heavy atom. The van der Waals surface area contributed by atoms with Gasteiger partial charge in [0.1, 0.15) is 0 Å². The van der Waals surface area contributed by atoms with Gasteiger partial charge in [-0.2, -0.15) is 0 Å². The molecule has 0 fully saturated rings. The Hall–Kier alpha value is -6.90. The Kier molecular flexibility index (Phi) is 6.28. The van der Waals surface area contributed by atoms with E-state index in [4.69, 9.17) is 0 Å². The van der Waals surface area contributed by atoms with E-state index in [0.29, 0.717) is 0 Å². The van der Waals surface area contributed by atoms with Crippen molar-refractivity contribution >= 4 is 65.2 Å². The van der Waals surface area contributed by atoms with E-state index < -0.39 is 0 Å². The highest BCUT2D eigenvalue weighted by Gasteiger charge is 2.19. The summed E-state index contributed by atoms with van der Waals surface area (Å²) in [5.41, 5.74) is 12.2. The van der Waals surface area contributed by atoms with Crippen molar-refractivity contribution in [3.05, 3.63) is 194 Å². The third kappa shape index (κ3) is 4.19. The Labute approximate surface area is 301 Å². The van der Waals surface area contributed by atoms with Crippen LogP contribution in [0.2, 0.25) is 0 Å². The molecule has 2 heteroatoms. The van der Waals surface area contributed by atoms with Crippen LogP contribution in [0.4, 0.5) is 0 Å². The quantitative estimate of drug-likeness (QED) is 0.166. The van der Waals surface area contributed by atoms with Gasteiger partial charge < -0.3 is 9.13 Å². The first-order valence-corrected chi connectivity index (χ1v) is 17.9. The van der Waals surface area contributed by atoms with Gasteiger partial charge in [-0.05, 0) is 92.3 Å². The number of hydrogen-bond donors (Lipinski definition) is 0. The largest absolute Gasteiger partial charge is 0.309 e. The molecule has 11 rings (SSSR count). The van der Waals surface area contributed by atoms with Gasteiger partial charge in [-0.3, -0.25) is 0 Å². The molecule has 2 aromatic heterocycles. The van der Waals surface area contributed by atoms with E-state index in [0.717, 1.165) is 5.69 Å². The summed E-state index contributed by atoms with van der Waals surface area (Å²) in [4.78, 5) is 0. The second-order valence-electron chi connectivity index (χ2n) is 13.7. The van der Waals surface area contributed by atoms with Crippen LogP contribution < -0.4 is 0 Å². The zero-order chi connectivity index (χ0) is 34.2. The molecule has 0 aliphatic carbocycles. The lowest BCUT2D eigenvalue weighted by Gasteiger charge is -2.18. The molecule has 2 heterocycles. The average molecular weight is 661 g/mol.